The predicted molar refractivity (Wildman–Crippen MR) is 67.6 cm³/mol. The molecule has 0 aliphatic carbocycles. The fraction of sp³-hybridized carbons (Fsp3) is 0.182. The van der Waals surface area contributed by atoms with Crippen molar-refractivity contribution in [3.05, 3.63) is 34.1 Å². The van der Waals surface area contributed by atoms with Crippen molar-refractivity contribution in [2.24, 2.45) is 5.73 Å². The van der Waals surface area contributed by atoms with E-state index in [2.05, 4.69) is 25.9 Å². The molecular weight excluding hydrogens is 325 g/mol. The fourth-order valence-corrected chi connectivity index (χ4v) is 2.62. The second-order valence-corrected chi connectivity index (χ2v) is 4.82. The third-order valence-corrected chi connectivity index (χ3v) is 3.73. The van der Waals surface area contributed by atoms with Crippen LogP contribution in [0.2, 0.25) is 0 Å². The molecule has 0 unspecified atom stereocenters. The summed E-state index contributed by atoms with van der Waals surface area (Å²) in [6.07, 6.45) is -4.37. The fourth-order valence-electron chi connectivity index (χ4n) is 2.00. The van der Waals surface area contributed by atoms with Crippen LogP contribution in [0.25, 0.3) is 16.8 Å². The van der Waals surface area contributed by atoms with E-state index in [9.17, 15) is 13.2 Å². The van der Waals surface area contributed by atoms with E-state index < -0.39 is 11.7 Å². The van der Waals surface area contributed by atoms with E-state index in [1.165, 1.54) is 6.07 Å². The zero-order chi connectivity index (χ0) is 13.8. The first-order valence-electron chi connectivity index (χ1n) is 5.37. The third kappa shape index (κ3) is 1.82. The number of nitrogens with zero attached hydrogens (tertiary/aromatic N) is 2. The molecular formula is C11H8BrF3N4. The number of nitrogens with two attached hydrogens (primary N) is 1. The number of hydrogen-bond donors (Lipinski definition) is 2. The van der Waals surface area contributed by atoms with Crippen LogP contribution < -0.4 is 5.73 Å². The first kappa shape index (κ1) is 12.5. The van der Waals surface area contributed by atoms with Crippen LogP contribution in [0.15, 0.2) is 22.8 Å². The minimum atomic E-state index is -4.37. The Morgan fingerprint density at radius 1 is 1.37 bits per heavy atom. The lowest BCUT2D eigenvalue weighted by Gasteiger charge is -2.05. The van der Waals surface area contributed by atoms with Crippen molar-refractivity contribution in [1.82, 2.24) is 14.4 Å². The molecule has 0 bridgehead atoms. The van der Waals surface area contributed by atoms with Crippen molar-refractivity contribution in [2.75, 3.05) is 0 Å². The van der Waals surface area contributed by atoms with Gasteiger partial charge in [-0.15, -0.1) is 0 Å². The van der Waals surface area contributed by atoms with Crippen LogP contribution >= 0.6 is 15.9 Å². The summed E-state index contributed by atoms with van der Waals surface area (Å²) >= 11 is 3.36. The van der Waals surface area contributed by atoms with Crippen molar-refractivity contribution in [3.8, 4) is 0 Å². The number of rotatable bonds is 1. The number of H-pyrrole nitrogens is 1. The van der Waals surface area contributed by atoms with Gasteiger partial charge in [0.2, 0.25) is 5.78 Å². The van der Waals surface area contributed by atoms with Gasteiger partial charge in [-0.1, -0.05) is 0 Å². The van der Waals surface area contributed by atoms with Crippen LogP contribution in [0.3, 0.4) is 0 Å². The lowest BCUT2D eigenvalue weighted by molar-refractivity contribution is -0.137. The van der Waals surface area contributed by atoms with E-state index in [4.69, 9.17) is 5.73 Å². The maximum absolute atomic E-state index is 12.6. The number of nitrogens with one attached hydrogen (secondary N) is 1. The normalized spacial score (nSPS) is 12.7. The number of imidazole rings is 2. The molecule has 0 amide bonds. The molecule has 2 aromatic heterocycles. The molecule has 0 saturated carbocycles. The maximum atomic E-state index is 12.6. The summed E-state index contributed by atoms with van der Waals surface area (Å²) < 4.78 is 40.2. The van der Waals surface area contributed by atoms with Gasteiger partial charge < -0.3 is 10.7 Å². The van der Waals surface area contributed by atoms with Crippen LogP contribution in [-0.4, -0.2) is 14.4 Å². The van der Waals surface area contributed by atoms with Gasteiger partial charge in [0.25, 0.3) is 0 Å². The van der Waals surface area contributed by atoms with Crippen molar-refractivity contribution in [1.29, 1.82) is 0 Å². The van der Waals surface area contributed by atoms with Crippen molar-refractivity contribution >= 4 is 32.7 Å². The zero-order valence-electron chi connectivity index (χ0n) is 9.42. The lowest BCUT2D eigenvalue weighted by atomic mass is 10.2. The SMILES string of the molecule is NCc1[nH]c2nc3cc(C(F)(F)F)ccc3n2c1Br. The smallest absolute Gasteiger partial charge is 0.325 e. The number of fused-ring (bicyclic) bond motifs is 3. The molecule has 3 aromatic rings. The van der Waals surface area contributed by atoms with Gasteiger partial charge in [0, 0.05) is 6.54 Å². The van der Waals surface area contributed by atoms with Gasteiger partial charge in [-0.05, 0) is 34.1 Å². The number of halogens is 4. The number of aromatic amines is 1. The molecule has 19 heavy (non-hydrogen) atoms. The van der Waals surface area contributed by atoms with E-state index in [1.54, 1.807) is 4.40 Å². The van der Waals surface area contributed by atoms with Crippen LogP contribution in [0.1, 0.15) is 11.3 Å². The Bertz CT molecular complexity index is 772. The van der Waals surface area contributed by atoms with E-state index in [1.807, 2.05) is 0 Å². The Kier molecular flexibility index (Phi) is 2.61. The van der Waals surface area contributed by atoms with E-state index in [0.717, 1.165) is 17.8 Å². The minimum absolute atomic E-state index is 0.283. The number of aromatic nitrogens is 3. The van der Waals surface area contributed by atoms with Crippen molar-refractivity contribution < 1.29 is 13.2 Å². The first-order chi connectivity index (χ1) is 8.91. The molecule has 0 radical (unpaired) electrons. The average Bonchev–Trinajstić information content (AvgIpc) is 2.84. The van der Waals surface area contributed by atoms with Gasteiger partial charge in [-0.2, -0.15) is 13.2 Å². The highest BCUT2D eigenvalue weighted by Gasteiger charge is 2.31. The van der Waals surface area contributed by atoms with Gasteiger partial charge in [0.15, 0.2) is 0 Å². The van der Waals surface area contributed by atoms with Crippen LogP contribution in [0.5, 0.6) is 0 Å². The Morgan fingerprint density at radius 2 is 2.11 bits per heavy atom. The maximum Gasteiger partial charge on any atom is 0.416 e. The number of benzene rings is 1. The van der Waals surface area contributed by atoms with E-state index in [-0.39, 0.29) is 12.1 Å². The van der Waals surface area contributed by atoms with Crippen molar-refractivity contribution in [3.63, 3.8) is 0 Å². The Balaban J connectivity index is 2.31. The second-order valence-electron chi connectivity index (χ2n) is 4.07. The lowest BCUT2D eigenvalue weighted by Crippen LogP contribution is -2.04. The second kappa shape index (κ2) is 3.97. The average molecular weight is 333 g/mol. The molecule has 0 saturated heterocycles. The predicted octanol–water partition coefficient (Wildman–Crippen LogP) is 3.06. The summed E-state index contributed by atoms with van der Waals surface area (Å²) in [6.45, 7) is 0.284. The van der Waals surface area contributed by atoms with Gasteiger partial charge in [-0.3, -0.25) is 4.40 Å². The Hall–Kier alpha value is -1.54. The molecule has 0 aliphatic heterocycles. The molecule has 1 aromatic carbocycles. The van der Waals surface area contributed by atoms with Gasteiger partial charge in [-0.25, -0.2) is 4.98 Å². The number of hydrogen-bond acceptors (Lipinski definition) is 2. The van der Waals surface area contributed by atoms with Crippen LogP contribution in [-0.2, 0) is 12.7 Å². The molecule has 0 spiro atoms. The standard InChI is InChI=1S/C11H8BrF3N4/c12-9-7(4-16)18-10-17-6-3-5(11(13,14)15)1-2-8(6)19(9)10/h1-3H,4,16H2,(H,17,18). The van der Waals surface area contributed by atoms with E-state index >= 15 is 0 Å². The quantitative estimate of drug-likeness (QED) is 0.719. The van der Waals surface area contributed by atoms with Crippen LogP contribution in [0.4, 0.5) is 13.2 Å². The molecule has 3 rings (SSSR count). The molecule has 3 N–H and O–H groups in total. The highest BCUT2D eigenvalue weighted by atomic mass is 79.9. The molecule has 0 aliphatic rings. The minimum Gasteiger partial charge on any atom is -0.325 e. The molecule has 0 fully saturated rings. The summed E-state index contributed by atoms with van der Waals surface area (Å²) in [7, 11) is 0. The van der Waals surface area contributed by atoms with Crippen LogP contribution in [0, 0.1) is 0 Å². The highest BCUT2D eigenvalue weighted by molar-refractivity contribution is 9.10. The zero-order valence-corrected chi connectivity index (χ0v) is 11.0. The molecule has 0 atom stereocenters. The first-order valence-corrected chi connectivity index (χ1v) is 6.17. The summed E-state index contributed by atoms with van der Waals surface area (Å²) in [4.78, 5) is 7.10. The van der Waals surface area contributed by atoms with Gasteiger partial charge in [0.1, 0.15) is 4.60 Å². The summed E-state index contributed by atoms with van der Waals surface area (Å²) in [5.41, 5.74) is 6.45. The molecule has 2 heterocycles. The van der Waals surface area contributed by atoms with Gasteiger partial charge in [0.05, 0.1) is 22.3 Å². The number of alkyl halides is 3. The van der Waals surface area contributed by atoms with Gasteiger partial charge >= 0.3 is 6.18 Å². The van der Waals surface area contributed by atoms with E-state index in [0.29, 0.717) is 15.9 Å². The van der Waals surface area contributed by atoms with Crippen molar-refractivity contribution in [2.45, 2.75) is 12.7 Å². The third-order valence-electron chi connectivity index (χ3n) is 2.89. The molecule has 100 valence electrons. The summed E-state index contributed by atoms with van der Waals surface area (Å²) in [5.74, 6) is 0.460. The largest absolute Gasteiger partial charge is 0.416 e. The summed E-state index contributed by atoms with van der Waals surface area (Å²) in [6, 6.07) is 3.47. The monoisotopic (exact) mass is 332 g/mol. The Labute approximate surface area is 113 Å². The highest BCUT2D eigenvalue weighted by Crippen LogP contribution is 2.32. The molecule has 8 heteroatoms. The Morgan fingerprint density at radius 3 is 2.74 bits per heavy atom. The summed E-state index contributed by atoms with van der Waals surface area (Å²) in [5, 5.41) is 0. The molecule has 4 nitrogen and oxygen atoms in total. The topological polar surface area (TPSA) is 59.1 Å².